The van der Waals surface area contributed by atoms with Gasteiger partial charge >= 0.3 is 0 Å². The van der Waals surface area contributed by atoms with Crippen molar-refractivity contribution in [2.75, 3.05) is 32.9 Å². The van der Waals surface area contributed by atoms with Gasteiger partial charge in [-0.15, -0.1) is 0 Å². The van der Waals surface area contributed by atoms with Gasteiger partial charge in [0, 0.05) is 13.1 Å². The molecule has 0 radical (unpaired) electrons. The summed E-state index contributed by atoms with van der Waals surface area (Å²) < 4.78 is 11.0. The van der Waals surface area contributed by atoms with Crippen molar-refractivity contribution < 1.29 is 9.47 Å². The smallest absolute Gasteiger partial charge is 0.0721 e. The van der Waals surface area contributed by atoms with Crippen molar-refractivity contribution in [3.05, 3.63) is 35.4 Å². The van der Waals surface area contributed by atoms with Crippen LogP contribution in [0.15, 0.2) is 24.3 Å². The number of hydrazine groups is 1. The second kappa shape index (κ2) is 5.14. The van der Waals surface area contributed by atoms with E-state index in [-0.39, 0.29) is 6.04 Å². The third kappa shape index (κ3) is 2.50. The van der Waals surface area contributed by atoms with E-state index in [1.807, 2.05) is 0 Å². The van der Waals surface area contributed by atoms with Gasteiger partial charge in [0.1, 0.15) is 0 Å². The van der Waals surface area contributed by atoms with Crippen molar-refractivity contribution in [2.24, 2.45) is 0 Å². The largest absolute Gasteiger partial charge is 0.379 e. The van der Waals surface area contributed by atoms with Gasteiger partial charge in [0.2, 0.25) is 0 Å². The normalized spacial score (nSPS) is 25.5. The second-order valence-electron chi connectivity index (χ2n) is 4.50. The lowest BCUT2D eigenvalue weighted by Crippen LogP contribution is -2.48. The molecule has 2 aliphatic heterocycles. The molecule has 3 rings (SSSR count). The molecule has 17 heavy (non-hydrogen) atoms. The lowest BCUT2D eigenvalue weighted by molar-refractivity contribution is -0.0147. The highest BCUT2D eigenvalue weighted by Gasteiger charge is 2.22. The van der Waals surface area contributed by atoms with E-state index in [9.17, 15) is 0 Å². The van der Waals surface area contributed by atoms with Crippen LogP contribution in [0.4, 0.5) is 0 Å². The first-order chi connectivity index (χ1) is 8.43. The standard InChI is InChI=1S/C13H18N2O2/c1-2-4-12-11(3-1)9-17-10-13(12)14-15-5-7-16-8-6-15/h1-4,13-14H,5-10H2. The fraction of sp³-hybridized carbons (Fsp3) is 0.538. The van der Waals surface area contributed by atoms with E-state index in [4.69, 9.17) is 9.47 Å². The predicted molar refractivity (Wildman–Crippen MR) is 64.4 cm³/mol. The molecule has 0 spiro atoms. The first-order valence-corrected chi connectivity index (χ1v) is 6.18. The number of fused-ring (bicyclic) bond motifs is 1. The summed E-state index contributed by atoms with van der Waals surface area (Å²) in [5, 5.41) is 2.24. The third-order valence-corrected chi connectivity index (χ3v) is 3.32. The Morgan fingerprint density at radius 3 is 2.82 bits per heavy atom. The minimum atomic E-state index is 0.276. The Morgan fingerprint density at radius 2 is 1.94 bits per heavy atom. The maximum Gasteiger partial charge on any atom is 0.0721 e. The van der Waals surface area contributed by atoms with Gasteiger partial charge in [0.15, 0.2) is 0 Å². The maximum atomic E-state index is 5.63. The van der Waals surface area contributed by atoms with E-state index in [2.05, 4.69) is 34.7 Å². The van der Waals surface area contributed by atoms with Gasteiger partial charge in [0.25, 0.3) is 0 Å². The number of nitrogens with one attached hydrogen (secondary N) is 1. The second-order valence-corrected chi connectivity index (χ2v) is 4.50. The van der Waals surface area contributed by atoms with E-state index >= 15 is 0 Å². The summed E-state index contributed by atoms with van der Waals surface area (Å²) in [5.41, 5.74) is 6.20. The fourth-order valence-electron chi connectivity index (χ4n) is 2.40. The summed E-state index contributed by atoms with van der Waals surface area (Å²) in [5.74, 6) is 0. The van der Waals surface area contributed by atoms with E-state index in [0.29, 0.717) is 0 Å². The maximum absolute atomic E-state index is 5.63. The Hall–Kier alpha value is -0.940. The minimum Gasteiger partial charge on any atom is -0.379 e. The molecule has 1 fully saturated rings. The molecule has 1 saturated heterocycles. The fourth-order valence-corrected chi connectivity index (χ4v) is 2.40. The number of benzene rings is 1. The van der Waals surface area contributed by atoms with Crippen molar-refractivity contribution in [1.82, 2.24) is 10.4 Å². The van der Waals surface area contributed by atoms with Gasteiger partial charge in [-0.1, -0.05) is 24.3 Å². The summed E-state index contributed by atoms with van der Waals surface area (Å²) in [4.78, 5) is 0. The Morgan fingerprint density at radius 1 is 1.12 bits per heavy atom. The van der Waals surface area contributed by atoms with E-state index in [1.165, 1.54) is 11.1 Å². The van der Waals surface area contributed by atoms with Crippen LogP contribution < -0.4 is 5.43 Å². The van der Waals surface area contributed by atoms with Crippen LogP contribution in [0.25, 0.3) is 0 Å². The van der Waals surface area contributed by atoms with Crippen LogP contribution in [0, 0.1) is 0 Å². The van der Waals surface area contributed by atoms with E-state index in [1.54, 1.807) is 0 Å². The Kier molecular flexibility index (Phi) is 3.38. The molecular weight excluding hydrogens is 216 g/mol. The van der Waals surface area contributed by atoms with Crippen molar-refractivity contribution >= 4 is 0 Å². The van der Waals surface area contributed by atoms with Crippen molar-refractivity contribution in [2.45, 2.75) is 12.6 Å². The van der Waals surface area contributed by atoms with Crippen LogP contribution in [-0.4, -0.2) is 37.9 Å². The highest BCUT2D eigenvalue weighted by Crippen LogP contribution is 2.24. The Bertz CT molecular complexity index is 377. The zero-order valence-electron chi connectivity index (χ0n) is 9.89. The Balaban J connectivity index is 1.71. The molecule has 0 saturated carbocycles. The molecule has 0 amide bonds. The summed E-state index contributed by atoms with van der Waals surface area (Å²) >= 11 is 0. The molecule has 1 N–H and O–H groups in total. The first kappa shape index (κ1) is 11.2. The highest BCUT2D eigenvalue weighted by molar-refractivity contribution is 5.30. The summed E-state index contributed by atoms with van der Waals surface area (Å²) in [6, 6.07) is 8.77. The summed E-state index contributed by atoms with van der Waals surface area (Å²) in [6.07, 6.45) is 0. The average molecular weight is 234 g/mol. The molecule has 2 heterocycles. The van der Waals surface area contributed by atoms with Crippen molar-refractivity contribution in [1.29, 1.82) is 0 Å². The molecule has 4 nitrogen and oxygen atoms in total. The molecule has 1 aromatic carbocycles. The first-order valence-electron chi connectivity index (χ1n) is 6.18. The monoisotopic (exact) mass is 234 g/mol. The minimum absolute atomic E-state index is 0.276. The quantitative estimate of drug-likeness (QED) is 0.830. The average Bonchev–Trinajstić information content (AvgIpc) is 2.40. The van der Waals surface area contributed by atoms with E-state index < -0.39 is 0 Å². The number of nitrogens with zero attached hydrogens (tertiary/aromatic N) is 1. The lowest BCUT2D eigenvalue weighted by Gasteiger charge is -2.34. The van der Waals surface area contributed by atoms with Gasteiger partial charge in [-0.2, -0.15) is 0 Å². The molecule has 2 aliphatic rings. The van der Waals surface area contributed by atoms with Crippen molar-refractivity contribution in [3.63, 3.8) is 0 Å². The topological polar surface area (TPSA) is 33.7 Å². The van der Waals surface area contributed by atoms with E-state index in [0.717, 1.165) is 39.5 Å². The zero-order chi connectivity index (χ0) is 11.5. The summed E-state index contributed by atoms with van der Waals surface area (Å²) in [6.45, 7) is 4.98. The van der Waals surface area contributed by atoms with Gasteiger partial charge in [-0.3, -0.25) is 0 Å². The number of morpholine rings is 1. The van der Waals surface area contributed by atoms with Crippen LogP contribution >= 0.6 is 0 Å². The van der Waals surface area contributed by atoms with Crippen LogP contribution in [0.2, 0.25) is 0 Å². The van der Waals surface area contributed by atoms with Gasteiger partial charge in [-0.25, -0.2) is 10.4 Å². The number of rotatable bonds is 2. The molecule has 1 unspecified atom stereocenters. The zero-order valence-corrected chi connectivity index (χ0v) is 9.89. The molecule has 1 atom stereocenters. The third-order valence-electron chi connectivity index (χ3n) is 3.32. The molecule has 92 valence electrons. The molecule has 0 aliphatic carbocycles. The van der Waals surface area contributed by atoms with Crippen LogP contribution in [0.3, 0.4) is 0 Å². The molecule has 0 aromatic heterocycles. The lowest BCUT2D eigenvalue weighted by atomic mass is 10.00. The van der Waals surface area contributed by atoms with Gasteiger partial charge in [-0.05, 0) is 11.1 Å². The molecular formula is C13H18N2O2. The van der Waals surface area contributed by atoms with Crippen LogP contribution in [0.1, 0.15) is 17.2 Å². The van der Waals surface area contributed by atoms with Crippen LogP contribution in [0.5, 0.6) is 0 Å². The Labute approximate surface area is 101 Å². The predicted octanol–water partition coefficient (Wildman–Crippen LogP) is 1.09. The van der Waals surface area contributed by atoms with Gasteiger partial charge < -0.3 is 9.47 Å². The van der Waals surface area contributed by atoms with Crippen molar-refractivity contribution in [3.8, 4) is 0 Å². The summed E-state index contributed by atoms with van der Waals surface area (Å²) in [7, 11) is 0. The SMILES string of the molecule is c1ccc2c(c1)COCC2NN1CCOCC1. The number of hydrogen-bond acceptors (Lipinski definition) is 4. The van der Waals surface area contributed by atoms with Gasteiger partial charge in [0.05, 0.1) is 32.5 Å². The highest BCUT2D eigenvalue weighted by atomic mass is 16.5. The molecule has 4 heteroatoms. The number of hydrogen-bond donors (Lipinski definition) is 1. The number of ether oxygens (including phenoxy) is 2. The molecule has 0 bridgehead atoms. The van der Waals surface area contributed by atoms with Crippen LogP contribution in [-0.2, 0) is 16.1 Å². The molecule has 1 aromatic rings.